The van der Waals surface area contributed by atoms with Crippen molar-refractivity contribution in [2.75, 3.05) is 32.7 Å². The molecule has 2 N–H and O–H groups in total. The minimum atomic E-state index is -0.0832. The van der Waals surface area contributed by atoms with E-state index < -0.39 is 0 Å². The molecule has 1 saturated carbocycles. The molecule has 4 heteroatoms. The van der Waals surface area contributed by atoms with Gasteiger partial charge < -0.3 is 15.5 Å². The molecule has 2 heterocycles. The molecule has 0 bridgehead atoms. The maximum absolute atomic E-state index is 12.9. The highest BCUT2D eigenvalue weighted by molar-refractivity contribution is 5.84. The van der Waals surface area contributed by atoms with Crippen LogP contribution in [-0.2, 0) is 4.79 Å². The zero-order chi connectivity index (χ0) is 14.0. The van der Waals surface area contributed by atoms with Crippen LogP contribution in [0.3, 0.4) is 0 Å². The molecule has 3 rings (SSSR count). The molecule has 0 spiro atoms. The summed E-state index contributed by atoms with van der Waals surface area (Å²) in [5, 5.41) is 6.86. The molecule has 3 fully saturated rings. The lowest BCUT2D eigenvalue weighted by molar-refractivity contribution is -0.135. The highest BCUT2D eigenvalue weighted by Crippen LogP contribution is 2.44. The molecule has 0 aromatic rings. The van der Waals surface area contributed by atoms with Crippen molar-refractivity contribution in [3.63, 3.8) is 0 Å². The van der Waals surface area contributed by atoms with Crippen LogP contribution in [0.4, 0.5) is 0 Å². The van der Waals surface area contributed by atoms with E-state index >= 15 is 0 Å². The molecular weight excluding hydrogens is 250 g/mol. The van der Waals surface area contributed by atoms with Gasteiger partial charge in [-0.1, -0.05) is 19.8 Å². The van der Waals surface area contributed by atoms with E-state index in [0.717, 1.165) is 52.0 Å². The van der Waals surface area contributed by atoms with E-state index in [1.165, 1.54) is 19.3 Å². The number of hydrogen-bond acceptors (Lipinski definition) is 3. The van der Waals surface area contributed by atoms with E-state index in [1.807, 2.05) is 0 Å². The van der Waals surface area contributed by atoms with E-state index in [4.69, 9.17) is 0 Å². The van der Waals surface area contributed by atoms with Gasteiger partial charge in [0.1, 0.15) is 0 Å². The van der Waals surface area contributed by atoms with Crippen LogP contribution in [0.15, 0.2) is 0 Å². The van der Waals surface area contributed by atoms with Gasteiger partial charge in [0.05, 0.1) is 5.41 Å². The van der Waals surface area contributed by atoms with E-state index in [9.17, 15) is 4.79 Å². The number of nitrogens with zero attached hydrogens (tertiary/aromatic N) is 1. The van der Waals surface area contributed by atoms with Crippen LogP contribution in [0.1, 0.15) is 45.4 Å². The van der Waals surface area contributed by atoms with E-state index in [1.54, 1.807) is 0 Å². The Kier molecular flexibility index (Phi) is 4.32. The third-order valence-corrected chi connectivity index (χ3v) is 5.86. The van der Waals surface area contributed by atoms with Crippen molar-refractivity contribution in [3.05, 3.63) is 0 Å². The Morgan fingerprint density at radius 1 is 1.30 bits per heavy atom. The average Bonchev–Trinajstić information content (AvgIpc) is 2.93. The first-order chi connectivity index (χ1) is 9.74. The molecule has 0 aromatic heterocycles. The molecule has 0 aromatic carbocycles. The Morgan fingerprint density at radius 2 is 2.10 bits per heavy atom. The topological polar surface area (TPSA) is 44.4 Å². The lowest BCUT2D eigenvalue weighted by Crippen LogP contribution is -2.53. The smallest absolute Gasteiger partial charge is 0.228 e. The predicted molar refractivity (Wildman–Crippen MR) is 80.5 cm³/mol. The van der Waals surface area contributed by atoms with Gasteiger partial charge in [-0.15, -0.1) is 0 Å². The van der Waals surface area contributed by atoms with Crippen LogP contribution in [0.25, 0.3) is 0 Å². The number of fused-ring (bicyclic) bond motifs is 1. The normalized spacial score (nSPS) is 35.8. The quantitative estimate of drug-likeness (QED) is 0.820. The summed E-state index contributed by atoms with van der Waals surface area (Å²) in [7, 11) is 0. The zero-order valence-corrected chi connectivity index (χ0v) is 12.8. The number of hydrogen-bond donors (Lipinski definition) is 2. The van der Waals surface area contributed by atoms with Crippen LogP contribution in [-0.4, -0.2) is 49.6 Å². The fourth-order valence-electron chi connectivity index (χ4n) is 4.41. The van der Waals surface area contributed by atoms with Crippen molar-refractivity contribution >= 4 is 5.91 Å². The number of nitrogens with one attached hydrogen (secondary N) is 2. The minimum Gasteiger partial charge on any atom is -0.353 e. The summed E-state index contributed by atoms with van der Waals surface area (Å²) in [5.74, 6) is 0.925. The van der Waals surface area contributed by atoms with Gasteiger partial charge in [0.25, 0.3) is 0 Å². The number of rotatable bonds is 3. The first-order valence-electron chi connectivity index (χ1n) is 8.48. The van der Waals surface area contributed by atoms with Crippen molar-refractivity contribution in [1.29, 1.82) is 0 Å². The van der Waals surface area contributed by atoms with E-state index in [2.05, 4.69) is 22.5 Å². The van der Waals surface area contributed by atoms with Gasteiger partial charge in [-0.05, 0) is 44.7 Å². The van der Waals surface area contributed by atoms with Gasteiger partial charge in [0.2, 0.25) is 5.91 Å². The number of carbonyl (C=O) groups excluding carboxylic acids is 1. The van der Waals surface area contributed by atoms with Crippen LogP contribution in [0, 0.1) is 11.3 Å². The summed E-state index contributed by atoms with van der Waals surface area (Å²) < 4.78 is 0. The number of carbonyl (C=O) groups is 1. The van der Waals surface area contributed by atoms with Gasteiger partial charge in [-0.2, -0.15) is 0 Å². The fourth-order valence-corrected chi connectivity index (χ4v) is 4.41. The molecule has 3 aliphatic rings. The Labute approximate surface area is 122 Å². The average molecular weight is 279 g/mol. The number of likely N-dealkylation sites (tertiary alicyclic amines) is 1. The van der Waals surface area contributed by atoms with E-state index in [0.29, 0.717) is 17.9 Å². The summed E-state index contributed by atoms with van der Waals surface area (Å²) in [6.45, 7) is 7.57. The van der Waals surface area contributed by atoms with E-state index in [-0.39, 0.29) is 5.41 Å². The molecule has 114 valence electrons. The molecule has 4 nitrogen and oxygen atoms in total. The number of amides is 1. The lowest BCUT2D eigenvalue weighted by atomic mass is 9.67. The first kappa shape index (κ1) is 14.3. The first-order valence-corrected chi connectivity index (χ1v) is 8.48. The van der Waals surface area contributed by atoms with Gasteiger partial charge in [0, 0.05) is 25.7 Å². The van der Waals surface area contributed by atoms with Gasteiger partial charge in [-0.25, -0.2) is 0 Å². The Bertz CT molecular complexity index is 352. The molecule has 0 unspecified atom stereocenters. The molecule has 2 aliphatic heterocycles. The summed E-state index contributed by atoms with van der Waals surface area (Å²) in [4.78, 5) is 15.3. The molecule has 0 radical (unpaired) electrons. The fraction of sp³-hybridized carbons (Fsp3) is 0.938. The molecule has 2 atom stereocenters. The molecule has 2 saturated heterocycles. The molecule has 1 amide bonds. The monoisotopic (exact) mass is 279 g/mol. The molecule has 1 aliphatic carbocycles. The van der Waals surface area contributed by atoms with Crippen LogP contribution in [0.2, 0.25) is 0 Å². The van der Waals surface area contributed by atoms with Crippen LogP contribution < -0.4 is 10.6 Å². The largest absolute Gasteiger partial charge is 0.353 e. The Hall–Kier alpha value is -0.610. The summed E-state index contributed by atoms with van der Waals surface area (Å²) in [6, 6.07) is 0.405. The standard InChI is InChI=1S/C16H29N3O/c1-2-19-9-6-14(7-10-19)18-15(20)16-8-4-3-5-13(16)11-17-12-16/h13-14,17H,2-12H2,1H3,(H,18,20)/t13-,16+/m0/s1. The van der Waals surface area contributed by atoms with Crippen LogP contribution >= 0.6 is 0 Å². The highest BCUT2D eigenvalue weighted by Gasteiger charge is 2.50. The maximum Gasteiger partial charge on any atom is 0.228 e. The highest BCUT2D eigenvalue weighted by atomic mass is 16.2. The van der Waals surface area contributed by atoms with Crippen molar-refractivity contribution in [1.82, 2.24) is 15.5 Å². The molecule has 20 heavy (non-hydrogen) atoms. The molecular formula is C16H29N3O. The SMILES string of the molecule is CCN1CCC(NC(=O)[C@@]23CCCC[C@H]2CNC3)CC1. The Balaban J connectivity index is 1.58. The Morgan fingerprint density at radius 3 is 2.85 bits per heavy atom. The lowest BCUT2D eigenvalue weighted by Gasteiger charge is -2.39. The van der Waals surface area contributed by atoms with Gasteiger partial charge in [-0.3, -0.25) is 4.79 Å². The third kappa shape index (κ3) is 2.60. The third-order valence-electron chi connectivity index (χ3n) is 5.86. The summed E-state index contributed by atoms with van der Waals surface area (Å²) >= 11 is 0. The van der Waals surface area contributed by atoms with Gasteiger partial charge in [0.15, 0.2) is 0 Å². The van der Waals surface area contributed by atoms with Crippen molar-refractivity contribution < 1.29 is 4.79 Å². The second-order valence-corrected chi connectivity index (χ2v) is 6.91. The minimum absolute atomic E-state index is 0.0832. The zero-order valence-electron chi connectivity index (χ0n) is 12.8. The van der Waals surface area contributed by atoms with Crippen LogP contribution in [0.5, 0.6) is 0 Å². The second-order valence-electron chi connectivity index (χ2n) is 6.91. The maximum atomic E-state index is 12.9. The number of piperidine rings is 1. The van der Waals surface area contributed by atoms with Crippen molar-refractivity contribution in [2.24, 2.45) is 11.3 Å². The second kappa shape index (κ2) is 6.02. The predicted octanol–water partition coefficient (Wildman–Crippen LogP) is 1.37. The summed E-state index contributed by atoms with van der Waals surface area (Å²) in [5.41, 5.74) is -0.0832. The summed E-state index contributed by atoms with van der Waals surface area (Å²) in [6.07, 6.45) is 7.08. The van der Waals surface area contributed by atoms with Crippen molar-refractivity contribution in [3.8, 4) is 0 Å². The van der Waals surface area contributed by atoms with Gasteiger partial charge >= 0.3 is 0 Å². The van der Waals surface area contributed by atoms with Crippen molar-refractivity contribution in [2.45, 2.75) is 51.5 Å².